The van der Waals surface area contributed by atoms with Gasteiger partial charge in [-0.3, -0.25) is 0 Å². The number of hydrogen-bond acceptors (Lipinski definition) is 9. The highest BCUT2D eigenvalue weighted by molar-refractivity contribution is 7.99. The lowest BCUT2D eigenvalue weighted by Gasteiger charge is -2.09. The first-order valence-corrected chi connectivity index (χ1v) is 7.48. The molecule has 21 heavy (non-hydrogen) atoms. The van der Waals surface area contributed by atoms with Crippen molar-refractivity contribution in [1.82, 2.24) is 29.7 Å². The topological polar surface area (TPSA) is 122 Å². The van der Waals surface area contributed by atoms with Gasteiger partial charge in [0, 0.05) is 12.3 Å². The minimum Gasteiger partial charge on any atom is -0.394 e. The summed E-state index contributed by atoms with van der Waals surface area (Å²) in [6.45, 7) is 2.49. The van der Waals surface area contributed by atoms with Gasteiger partial charge < -0.3 is 15.5 Å². The van der Waals surface area contributed by atoms with Crippen LogP contribution in [0.4, 0.5) is 5.95 Å². The summed E-state index contributed by atoms with van der Waals surface area (Å²) in [7, 11) is 0. The third kappa shape index (κ3) is 4.62. The highest BCUT2D eigenvalue weighted by Gasteiger charge is 2.11. The largest absolute Gasteiger partial charge is 0.394 e. The number of nitrogens with zero attached hydrogens (tertiary/aromatic N) is 6. The molecule has 2 aromatic rings. The number of rotatable bonds is 8. The van der Waals surface area contributed by atoms with Gasteiger partial charge in [-0.2, -0.15) is 24.7 Å². The van der Waals surface area contributed by atoms with Crippen LogP contribution in [0.2, 0.25) is 0 Å². The molecule has 9 nitrogen and oxygen atoms in total. The van der Waals surface area contributed by atoms with Crippen LogP contribution in [0.25, 0.3) is 5.95 Å². The molecule has 10 heteroatoms. The Balaban J connectivity index is 2.20. The van der Waals surface area contributed by atoms with Gasteiger partial charge in [-0.15, -0.1) is 0 Å². The van der Waals surface area contributed by atoms with Gasteiger partial charge in [-0.25, -0.2) is 4.98 Å². The van der Waals surface area contributed by atoms with Crippen molar-refractivity contribution in [2.24, 2.45) is 0 Å². The number of anilines is 1. The van der Waals surface area contributed by atoms with E-state index in [4.69, 9.17) is 5.11 Å². The van der Waals surface area contributed by atoms with E-state index in [1.54, 1.807) is 0 Å². The van der Waals surface area contributed by atoms with Gasteiger partial charge in [0.25, 0.3) is 5.95 Å². The summed E-state index contributed by atoms with van der Waals surface area (Å²) < 4.78 is 1.44. The van der Waals surface area contributed by atoms with Crippen LogP contribution < -0.4 is 5.32 Å². The Morgan fingerprint density at radius 2 is 2.24 bits per heavy atom. The number of aliphatic hydroxyl groups excluding tert-OH is 2. The molecule has 0 aliphatic heterocycles. The van der Waals surface area contributed by atoms with E-state index in [1.165, 1.54) is 29.1 Å². The lowest BCUT2D eigenvalue weighted by atomic mass is 10.4. The quantitative estimate of drug-likeness (QED) is 0.565. The van der Waals surface area contributed by atoms with Crippen LogP contribution >= 0.6 is 11.8 Å². The molecule has 2 heterocycles. The summed E-state index contributed by atoms with van der Waals surface area (Å²) in [5.74, 6) is 1.09. The Bertz CT molecular complexity index is 552. The van der Waals surface area contributed by atoms with Crippen molar-refractivity contribution in [3.05, 3.63) is 12.7 Å². The standard InChI is InChI=1S/C11H17N7O2S/c1-2-3-13-9-15-10(18-7-12-6-14-18)17-11(16-9)21-5-8(20)4-19/h6-8,19-20H,2-5H2,1H3,(H,13,15,16,17). The first-order chi connectivity index (χ1) is 10.2. The van der Waals surface area contributed by atoms with E-state index in [0.717, 1.165) is 13.0 Å². The average molecular weight is 311 g/mol. The highest BCUT2D eigenvalue weighted by atomic mass is 32.2. The van der Waals surface area contributed by atoms with Crippen LogP contribution in [0.1, 0.15) is 13.3 Å². The second-order valence-corrected chi connectivity index (χ2v) is 5.14. The summed E-state index contributed by atoms with van der Waals surface area (Å²) in [5, 5.41) is 25.8. The normalized spacial score (nSPS) is 12.3. The van der Waals surface area contributed by atoms with Gasteiger partial charge in [0.05, 0.1) is 12.7 Å². The maximum Gasteiger partial charge on any atom is 0.257 e. The molecule has 2 rings (SSSR count). The van der Waals surface area contributed by atoms with Crippen LogP contribution in [0.5, 0.6) is 0 Å². The average Bonchev–Trinajstić information content (AvgIpc) is 3.04. The van der Waals surface area contributed by atoms with Crippen molar-refractivity contribution in [1.29, 1.82) is 0 Å². The molecule has 0 radical (unpaired) electrons. The highest BCUT2D eigenvalue weighted by Crippen LogP contribution is 2.17. The maximum absolute atomic E-state index is 9.40. The lowest BCUT2D eigenvalue weighted by Crippen LogP contribution is -2.16. The molecule has 0 aliphatic rings. The molecule has 1 unspecified atom stereocenters. The molecule has 3 N–H and O–H groups in total. The van der Waals surface area contributed by atoms with Gasteiger partial charge in [-0.1, -0.05) is 18.7 Å². The van der Waals surface area contributed by atoms with Gasteiger partial charge in [0.15, 0.2) is 5.16 Å². The van der Waals surface area contributed by atoms with Crippen LogP contribution in [-0.4, -0.2) is 64.9 Å². The van der Waals surface area contributed by atoms with Crippen LogP contribution in [0.15, 0.2) is 17.8 Å². The summed E-state index contributed by atoms with van der Waals surface area (Å²) in [6, 6.07) is 0. The Morgan fingerprint density at radius 1 is 1.38 bits per heavy atom. The Hall–Kier alpha value is -1.78. The zero-order valence-corrected chi connectivity index (χ0v) is 12.4. The molecular weight excluding hydrogens is 294 g/mol. The fraction of sp³-hybridized carbons (Fsp3) is 0.545. The van der Waals surface area contributed by atoms with Gasteiger partial charge >= 0.3 is 0 Å². The Labute approximate surface area is 125 Å². The SMILES string of the molecule is CCCNc1nc(SCC(O)CO)nc(-n2cncn2)n1. The molecular formula is C11H17N7O2S. The third-order valence-corrected chi connectivity index (χ3v) is 3.37. The van der Waals surface area contributed by atoms with E-state index in [2.05, 4.69) is 30.4 Å². The van der Waals surface area contributed by atoms with E-state index in [0.29, 0.717) is 22.8 Å². The number of aliphatic hydroxyl groups is 2. The molecule has 0 spiro atoms. The molecule has 0 aromatic carbocycles. The number of hydrogen-bond donors (Lipinski definition) is 3. The fourth-order valence-electron chi connectivity index (χ4n) is 1.36. The third-order valence-electron chi connectivity index (χ3n) is 2.38. The molecule has 1 atom stereocenters. The molecule has 0 saturated heterocycles. The molecule has 114 valence electrons. The Kier molecular flexibility index (Phi) is 5.84. The van der Waals surface area contributed by atoms with Crippen LogP contribution in [-0.2, 0) is 0 Å². The van der Waals surface area contributed by atoms with E-state index >= 15 is 0 Å². The molecule has 0 fully saturated rings. The van der Waals surface area contributed by atoms with Crippen LogP contribution in [0, 0.1) is 0 Å². The number of aromatic nitrogens is 6. The second-order valence-electron chi connectivity index (χ2n) is 4.16. The van der Waals surface area contributed by atoms with E-state index in [1.807, 2.05) is 6.92 Å². The summed E-state index contributed by atoms with van der Waals surface area (Å²) >= 11 is 1.24. The molecule has 2 aromatic heterocycles. The molecule has 0 aliphatic carbocycles. The van der Waals surface area contributed by atoms with Crippen molar-refractivity contribution < 1.29 is 10.2 Å². The molecule has 0 saturated carbocycles. The first-order valence-electron chi connectivity index (χ1n) is 6.49. The predicted octanol–water partition coefficient (Wildman–Crippen LogP) is -0.281. The maximum atomic E-state index is 9.40. The second kappa shape index (κ2) is 7.86. The van der Waals surface area contributed by atoms with Crippen molar-refractivity contribution in [3.8, 4) is 5.95 Å². The zero-order chi connectivity index (χ0) is 15.1. The van der Waals surface area contributed by atoms with Gasteiger partial charge in [0.1, 0.15) is 12.7 Å². The van der Waals surface area contributed by atoms with E-state index in [9.17, 15) is 5.11 Å². The minimum absolute atomic E-state index is 0.296. The fourth-order valence-corrected chi connectivity index (χ4v) is 2.11. The first kappa shape index (κ1) is 15.6. The lowest BCUT2D eigenvalue weighted by molar-refractivity contribution is 0.113. The Morgan fingerprint density at radius 3 is 2.90 bits per heavy atom. The van der Waals surface area contributed by atoms with Gasteiger partial charge in [0.2, 0.25) is 5.95 Å². The molecule has 0 amide bonds. The summed E-state index contributed by atoms with van der Waals surface area (Å²) in [5.41, 5.74) is 0. The van der Waals surface area contributed by atoms with Crippen molar-refractivity contribution >= 4 is 17.7 Å². The minimum atomic E-state index is -0.811. The van der Waals surface area contributed by atoms with Crippen molar-refractivity contribution in [2.45, 2.75) is 24.6 Å². The van der Waals surface area contributed by atoms with E-state index < -0.39 is 6.10 Å². The van der Waals surface area contributed by atoms with E-state index in [-0.39, 0.29) is 6.61 Å². The predicted molar refractivity (Wildman–Crippen MR) is 77.3 cm³/mol. The summed E-state index contributed by atoms with van der Waals surface area (Å²) in [6.07, 6.45) is 3.02. The summed E-state index contributed by atoms with van der Waals surface area (Å²) in [4.78, 5) is 16.6. The molecule has 0 bridgehead atoms. The van der Waals surface area contributed by atoms with Crippen molar-refractivity contribution in [2.75, 3.05) is 24.2 Å². The monoisotopic (exact) mass is 311 g/mol. The number of nitrogens with one attached hydrogen (secondary N) is 1. The van der Waals surface area contributed by atoms with Gasteiger partial charge in [-0.05, 0) is 6.42 Å². The number of thioether (sulfide) groups is 1. The van der Waals surface area contributed by atoms with Crippen molar-refractivity contribution in [3.63, 3.8) is 0 Å². The smallest absolute Gasteiger partial charge is 0.257 e. The zero-order valence-electron chi connectivity index (χ0n) is 11.5. The van der Waals surface area contributed by atoms with Crippen LogP contribution in [0.3, 0.4) is 0 Å².